The summed E-state index contributed by atoms with van der Waals surface area (Å²) in [5.74, 6) is -0.284. The Bertz CT molecular complexity index is 493. The maximum atomic E-state index is 11.6. The standard InChI is InChI=1S/C12H13N3O2/c16-9-7-13-12(17)11-6-8-15(14-11)10-4-2-1-3-5-10/h1-6,8,16H,7,9H2,(H,13,17). The van der Waals surface area contributed by atoms with Crippen molar-refractivity contribution in [2.45, 2.75) is 0 Å². The highest BCUT2D eigenvalue weighted by Gasteiger charge is 2.08. The van der Waals surface area contributed by atoms with Crippen molar-refractivity contribution < 1.29 is 9.90 Å². The molecule has 0 fully saturated rings. The first-order valence-corrected chi connectivity index (χ1v) is 5.31. The van der Waals surface area contributed by atoms with Gasteiger partial charge in [0.25, 0.3) is 5.91 Å². The number of aliphatic hydroxyl groups is 1. The first kappa shape index (κ1) is 11.3. The third-order valence-corrected chi connectivity index (χ3v) is 2.24. The minimum atomic E-state index is -0.284. The van der Waals surface area contributed by atoms with Gasteiger partial charge in [-0.1, -0.05) is 18.2 Å². The number of nitrogens with one attached hydrogen (secondary N) is 1. The monoisotopic (exact) mass is 231 g/mol. The van der Waals surface area contributed by atoms with Gasteiger partial charge in [0.1, 0.15) is 0 Å². The highest BCUT2D eigenvalue weighted by atomic mass is 16.3. The molecule has 1 heterocycles. The van der Waals surface area contributed by atoms with Gasteiger partial charge in [-0.15, -0.1) is 0 Å². The van der Waals surface area contributed by atoms with Crippen LogP contribution in [-0.4, -0.2) is 33.9 Å². The number of aliphatic hydroxyl groups excluding tert-OH is 1. The molecule has 0 saturated carbocycles. The van der Waals surface area contributed by atoms with E-state index >= 15 is 0 Å². The molecule has 5 heteroatoms. The highest BCUT2D eigenvalue weighted by molar-refractivity contribution is 5.92. The van der Waals surface area contributed by atoms with Gasteiger partial charge in [-0.25, -0.2) is 4.68 Å². The highest BCUT2D eigenvalue weighted by Crippen LogP contribution is 2.06. The van der Waals surface area contributed by atoms with E-state index in [2.05, 4.69) is 10.4 Å². The van der Waals surface area contributed by atoms with Crippen molar-refractivity contribution in [3.8, 4) is 5.69 Å². The number of carbonyl (C=O) groups excluding carboxylic acids is 1. The summed E-state index contributed by atoms with van der Waals surface area (Å²) in [5.41, 5.74) is 1.23. The van der Waals surface area contributed by atoms with Crippen LogP contribution in [-0.2, 0) is 0 Å². The first-order valence-electron chi connectivity index (χ1n) is 5.31. The van der Waals surface area contributed by atoms with Gasteiger partial charge in [-0.2, -0.15) is 5.10 Å². The van der Waals surface area contributed by atoms with Gasteiger partial charge in [-0.05, 0) is 18.2 Å². The molecule has 2 aromatic rings. The number of carbonyl (C=O) groups is 1. The Kier molecular flexibility index (Phi) is 3.52. The smallest absolute Gasteiger partial charge is 0.271 e. The normalized spacial score (nSPS) is 10.2. The van der Waals surface area contributed by atoms with Crippen molar-refractivity contribution >= 4 is 5.91 Å². The van der Waals surface area contributed by atoms with Crippen LogP contribution < -0.4 is 5.32 Å². The average Bonchev–Trinajstić information content (AvgIpc) is 2.86. The topological polar surface area (TPSA) is 67.2 Å². The van der Waals surface area contributed by atoms with E-state index < -0.39 is 0 Å². The lowest BCUT2D eigenvalue weighted by atomic mass is 10.3. The number of aromatic nitrogens is 2. The van der Waals surface area contributed by atoms with Crippen molar-refractivity contribution in [1.29, 1.82) is 0 Å². The van der Waals surface area contributed by atoms with Crippen LogP contribution in [0.5, 0.6) is 0 Å². The molecule has 0 aliphatic carbocycles. The molecule has 17 heavy (non-hydrogen) atoms. The van der Waals surface area contributed by atoms with E-state index in [1.807, 2.05) is 30.3 Å². The molecule has 0 radical (unpaired) electrons. The molecule has 0 aliphatic heterocycles. The van der Waals surface area contributed by atoms with E-state index in [1.54, 1.807) is 16.9 Å². The second-order valence-corrected chi connectivity index (χ2v) is 3.46. The second-order valence-electron chi connectivity index (χ2n) is 3.46. The summed E-state index contributed by atoms with van der Waals surface area (Å²) < 4.78 is 1.63. The summed E-state index contributed by atoms with van der Waals surface area (Å²) in [6, 6.07) is 11.2. The molecule has 2 rings (SSSR count). The van der Waals surface area contributed by atoms with Crippen molar-refractivity contribution in [1.82, 2.24) is 15.1 Å². The molecule has 2 N–H and O–H groups in total. The number of rotatable bonds is 4. The lowest BCUT2D eigenvalue weighted by Crippen LogP contribution is -2.26. The van der Waals surface area contributed by atoms with Gasteiger partial charge in [0.15, 0.2) is 5.69 Å². The molecule has 1 aromatic heterocycles. The Hall–Kier alpha value is -2.14. The minimum absolute atomic E-state index is 0.0782. The lowest BCUT2D eigenvalue weighted by Gasteiger charge is -2.01. The maximum absolute atomic E-state index is 11.6. The SMILES string of the molecule is O=C(NCCO)c1ccn(-c2ccccc2)n1. The van der Waals surface area contributed by atoms with Crippen LogP contribution >= 0.6 is 0 Å². The van der Waals surface area contributed by atoms with Gasteiger partial charge >= 0.3 is 0 Å². The van der Waals surface area contributed by atoms with Gasteiger partial charge < -0.3 is 10.4 Å². The van der Waals surface area contributed by atoms with Crippen LogP contribution in [0.2, 0.25) is 0 Å². The fourth-order valence-electron chi connectivity index (χ4n) is 1.43. The van der Waals surface area contributed by atoms with E-state index in [0.717, 1.165) is 5.69 Å². The molecule has 0 atom stereocenters. The summed E-state index contributed by atoms with van der Waals surface area (Å²) in [6.07, 6.45) is 1.73. The fourth-order valence-corrected chi connectivity index (χ4v) is 1.43. The molecule has 0 spiro atoms. The van der Waals surface area contributed by atoms with Crippen molar-refractivity contribution in [2.75, 3.05) is 13.2 Å². The predicted octanol–water partition coefficient (Wildman–Crippen LogP) is 0.594. The van der Waals surface area contributed by atoms with Crippen LogP contribution in [0.1, 0.15) is 10.5 Å². The Balaban J connectivity index is 2.14. The third-order valence-electron chi connectivity index (χ3n) is 2.24. The summed E-state index contributed by atoms with van der Waals surface area (Å²) in [6.45, 7) is 0.155. The molecule has 5 nitrogen and oxygen atoms in total. The Morgan fingerprint density at radius 1 is 1.29 bits per heavy atom. The minimum Gasteiger partial charge on any atom is -0.395 e. The second kappa shape index (κ2) is 5.27. The number of para-hydroxylation sites is 1. The summed E-state index contributed by atoms with van der Waals surface area (Å²) in [7, 11) is 0. The van der Waals surface area contributed by atoms with E-state index in [0.29, 0.717) is 5.69 Å². The number of amides is 1. The zero-order valence-electron chi connectivity index (χ0n) is 9.21. The van der Waals surface area contributed by atoms with Crippen LogP contribution in [0.15, 0.2) is 42.6 Å². The van der Waals surface area contributed by atoms with E-state index in [1.165, 1.54) is 0 Å². The van der Waals surface area contributed by atoms with Crippen LogP contribution in [0.25, 0.3) is 5.69 Å². The van der Waals surface area contributed by atoms with E-state index in [9.17, 15) is 4.79 Å². The van der Waals surface area contributed by atoms with E-state index in [-0.39, 0.29) is 19.1 Å². The molecular weight excluding hydrogens is 218 g/mol. The Morgan fingerprint density at radius 2 is 2.06 bits per heavy atom. The molecule has 1 aromatic carbocycles. The van der Waals surface area contributed by atoms with Crippen molar-refractivity contribution in [3.63, 3.8) is 0 Å². The molecule has 0 unspecified atom stereocenters. The number of hydrogen-bond acceptors (Lipinski definition) is 3. The average molecular weight is 231 g/mol. The molecule has 88 valence electrons. The van der Waals surface area contributed by atoms with Crippen LogP contribution in [0.3, 0.4) is 0 Å². The number of hydrogen-bond donors (Lipinski definition) is 2. The summed E-state index contributed by atoms with van der Waals surface area (Å²) >= 11 is 0. The molecule has 0 bridgehead atoms. The predicted molar refractivity (Wildman–Crippen MR) is 63.0 cm³/mol. The van der Waals surface area contributed by atoms with Gasteiger partial charge in [0, 0.05) is 12.7 Å². The lowest BCUT2D eigenvalue weighted by molar-refractivity contribution is 0.0939. The molecule has 0 saturated heterocycles. The zero-order valence-corrected chi connectivity index (χ0v) is 9.21. The van der Waals surface area contributed by atoms with Crippen LogP contribution in [0, 0.1) is 0 Å². The first-order chi connectivity index (χ1) is 8.31. The summed E-state index contributed by atoms with van der Waals surface area (Å²) in [4.78, 5) is 11.6. The molecular formula is C12H13N3O2. The van der Waals surface area contributed by atoms with E-state index in [4.69, 9.17) is 5.11 Å². The zero-order chi connectivity index (χ0) is 12.1. The largest absolute Gasteiger partial charge is 0.395 e. The van der Waals surface area contributed by atoms with Gasteiger partial charge in [-0.3, -0.25) is 4.79 Å². The maximum Gasteiger partial charge on any atom is 0.271 e. The molecule has 0 aliphatic rings. The Labute approximate surface area is 98.7 Å². The quantitative estimate of drug-likeness (QED) is 0.809. The van der Waals surface area contributed by atoms with Gasteiger partial charge in [0.2, 0.25) is 0 Å². The van der Waals surface area contributed by atoms with Gasteiger partial charge in [0.05, 0.1) is 12.3 Å². The Morgan fingerprint density at radius 3 is 2.76 bits per heavy atom. The molecule has 1 amide bonds. The fraction of sp³-hybridized carbons (Fsp3) is 0.167. The van der Waals surface area contributed by atoms with Crippen LogP contribution in [0.4, 0.5) is 0 Å². The number of nitrogens with zero attached hydrogens (tertiary/aromatic N) is 2. The van der Waals surface area contributed by atoms with Crippen molar-refractivity contribution in [2.24, 2.45) is 0 Å². The third kappa shape index (κ3) is 2.70. The number of benzene rings is 1. The van der Waals surface area contributed by atoms with Crippen molar-refractivity contribution in [3.05, 3.63) is 48.3 Å². The summed E-state index contributed by atoms with van der Waals surface area (Å²) in [5, 5.41) is 15.3.